The van der Waals surface area contributed by atoms with Crippen LogP contribution in [0.25, 0.3) is 0 Å². The smallest absolute Gasteiger partial charge is 0.167 e. The van der Waals surface area contributed by atoms with E-state index < -0.39 is 31.5 Å². The molecule has 0 aromatic rings. The van der Waals surface area contributed by atoms with Crippen molar-refractivity contribution in [1.82, 2.24) is 0 Å². The second-order valence-electron chi connectivity index (χ2n) is 2.22. The topological polar surface area (TPSA) is 35.5 Å². The van der Waals surface area contributed by atoms with Crippen LogP contribution >= 0.6 is 33.5 Å². The van der Waals surface area contributed by atoms with Gasteiger partial charge in [0.25, 0.3) is 10.9 Å². The van der Waals surface area contributed by atoms with Crippen LogP contribution in [0.15, 0.2) is 0 Å². The van der Waals surface area contributed by atoms with Crippen molar-refractivity contribution >= 4 is 33.5 Å². The van der Waals surface area contributed by atoms with Crippen molar-refractivity contribution in [3.63, 3.8) is 0 Å². The minimum absolute atomic E-state index is 2.80. The fourth-order valence-corrected chi connectivity index (χ4v) is 1.38. The Hall–Kier alpha value is 0.300. The first-order chi connectivity index (χ1) is 6.94. The van der Waals surface area contributed by atoms with E-state index in [-0.39, 0.29) is 0 Å². The number of rotatable bonds is 4. The zero-order chi connectivity index (χ0) is 13.1. The Labute approximate surface area is 97.2 Å². The SMILES string of the molecule is O=[P+](O[C@@H](S)C(F)(F)F)O[C@@H](S)C(F)(F)F. The Morgan fingerprint density at radius 1 is 0.875 bits per heavy atom. The highest BCUT2D eigenvalue weighted by Gasteiger charge is 2.49. The molecule has 0 aromatic heterocycles. The third-order valence-corrected chi connectivity index (χ3v) is 2.83. The van der Waals surface area contributed by atoms with Crippen molar-refractivity contribution in [3.05, 3.63) is 0 Å². The molecule has 0 saturated heterocycles. The average molecular weight is 309 g/mol. The van der Waals surface area contributed by atoms with E-state index in [4.69, 9.17) is 0 Å². The second-order valence-corrected chi connectivity index (χ2v) is 4.03. The van der Waals surface area contributed by atoms with Crippen LogP contribution in [0.1, 0.15) is 0 Å². The summed E-state index contributed by atoms with van der Waals surface area (Å²) in [4.78, 5) is 0. The van der Waals surface area contributed by atoms with Gasteiger partial charge in [0, 0.05) is 4.57 Å². The molecule has 0 fully saturated rings. The summed E-state index contributed by atoms with van der Waals surface area (Å²) < 4.78 is 88.2. The number of hydrogen-bond donors (Lipinski definition) is 2. The zero-order valence-electron chi connectivity index (χ0n) is 6.99. The van der Waals surface area contributed by atoms with Crippen molar-refractivity contribution in [2.75, 3.05) is 0 Å². The van der Waals surface area contributed by atoms with E-state index in [9.17, 15) is 30.9 Å². The molecule has 0 bridgehead atoms. The Balaban J connectivity index is 4.21. The third kappa shape index (κ3) is 6.14. The molecule has 96 valence electrons. The van der Waals surface area contributed by atoms with Gasteiger partial charge in [0.15, 0.2) is 0 Å². The molecule has 0 aliphatic heterocycles. The molecule has 0 unspecified atom stereocenters. The van der Waals surface area contributed by atoms with Crippen LogP contribution in [0.3, 0.4) is 0 Å². The van der Waals surface area contributed by atoms with Crippen LogP contribution in [-0.2, 0) is 13.6 Å². The molecule has 0 heterocycles. The first kappa shape index (κ1) is 16.3. The highest BCUT2D eigenvalue weighted by Crippen LogP contribution is 2.39. The van der Waals surface area contributed by atoms with Gasteiger partial charge in [-0.15, -0.1) is 25.3 Å². The average Bonchev–Trinajstić information content (AvgIpc) is 1.99. The number of halogens is 6. The van der Waals surface area contributed by atoms with Gasteiger partial charge >= 0.3 is 20.6 Å². The zero-order valence-corrected chi connectivity index (χ0v) is 9.67. The molecule has 12 heteroatoms. The van der Waals surface area contributed by atoms with Crippen molar-refractivity contribution in [2.24, 2.45) is 0 Å². The molecule has 0 aliphatic rings. The minimum Gasteiger partial charge on any atom is -0.167 e. The van der Waals surface area contributed by atoms with E-state index in [0.717, 1.165) is 0 Å². The fraction of sp³-hybridized carbons (Fsp3) is 1.00. The summed E-state index contributed by atoms with van der Waals surface area (Å²) in [6, 6.07) is 0. The van der Waals surface area contributed by atoms with Gasteiger partial charge in [-0.05, 0) is 0 Å². The van der Waals surface area contributed by atoms with Crippen LogP contribution in [0.4, 0.5) is 26.3 Å². The molecule has 0 aromatic carbocycles. The Morgan fingerprint density at radius 2 is 1.12 bits per heavy atom. The highest BCUT2D eigenvalue weighted by atomic mass is 32.1. The van der Waals surface area contributed by atoms with E-state index in [2.05, 4.69) is 34.3 Å². The van der Waals surface area contributed by atoms with E-state index in [1.807, 2.05) is 0 Å². The molecule has 0 radical (unpaired) electrons. The van der Waals surface area contributed by atoms with Crippen LogP contribution in [0.2, 0.25) is 0 Å². The summed E-state index contributed by atoms with van der Waals surface area (Å²) in [5.41, 5.74) is -5.60. The molecule has 0 amide bonds. The number of thiol groups is 2. The summed E-state index contributed by atoms with van der Waals surface area (Å²) >= 11 is 5.66. The van der Waals surface area contributed by atoms with E-state index >= 15 is 0 Å². The maximum atomic E-state index is 11.8. The largest absolute Gasteiger partial charge is 0.700 e. The lowest BCUT2D eigenvalue weighted by molar-refractivity contribution is -0.176. The van der Waals surface area contributed by atoms with E-state index in [0.29, 0.717) is 0 Å². The minimum atomic E-state index is -4.97. The quantitative estimate of drug-likeness (QED) is 0.362. The third-order valence-electron chi connectivity index (χ3n) is 0.932. The fourth-order valence-electron chi connectivity index (χ4n) is 0.307. The van der Waals surface area contributed by atoms with Crippen molar-refractivity contribution in [1.29, 1.82) is 0 Å². The first-order valence-electron chi connectivity index (χ1n) is 3.25. The van der Waals surface area contributed by atoms with Gasteiger partial charge in [0.2, 0.25) is 0 Å². The van der Waals surface area contributed by atoms with Crippen LogP contribution < -0.4 is 0 Å². The Bertz CT molecular complexity index is 231. The lowest BCUT2D eigenvalue weighted by atomic mass is 10.7. The van der Waals surface area contributed by atoms with Crippen LogP contribution in [-0.4, -0.2) is 23.2 Å². The van der Waals surface area contributed by atoms with Gasteiger partial charge in [-0.1, -0.05) is 9.05 Å². The Morgan fingerprint density at radius 3 is 1.31 bits per heavy atom. The summed E-state index contributed by atoms with van der Waals surface area (Å²) in [6.45, 7) is 0. The van der Waals surface area contributed by atoms with Crippen molar-refractivity contribution in [3.8, 4) is 0 Å². The normalized spacial score (nSPS) is 17.0. The maximum Gasteiger partial charge on any atom is 0.700 e. The molecule has 3 nitrogen and oxygen atoms in total. The van der Waals surface area contributed by atoms with E-state index in [1.165, 1.54) is 0 Å². The summed E-state index contributed by atoms with van der Waals surface area (Å²) in [5, 5.41) is 0. The van der Waals surface area contributed by atoms with Gasteiger partial charge in [0.1, 0.15) is 0 Å². The summed E-state index contributed by atoms with van der Waals surface area (Å²) in [7, 11) is -3.63. The molecule has 0 spiro atoms. The van der Waals surface area contributed by atoms with Crippen LogP contribution in [0, 0.1) is 0 Å². The molecule has 0 aliphatic carbocycles. The standard InChI is InChI=1S/C4H3F6O3PS2/c5-3(6,7)1(15)12-14(11)13-2(16)4(8,9)10/h1-2H,(H-,15,16)/p+1/t1-,2-/m0/s1. The lowest BCUT2D eigenvalue weighted by Gasteiger charge is -2.10. The van der Waals surface area contributed by atoms with Gasteiger partial charge in [0.05, 0.1) is 0 Å². The molecular weight excluding hydrogens is 305 g/mol. The highest BCUT2D eigenvalue weighted by molar-refractivity contribution is 7.81. The molecule has 16 heavy (non-hydrogen) atoms. The molecular formula is C4H4F6O3PS2+. The van der Waals surface area contributed by atoms with Crippen molar-refractivity contribution < 1.29 is 40.0 Å². The number of hydrogen-bond acceptors (Lipinski definition) is 5. The van der Waals surface area contributed by atoms with Crippen molar-refractivity contribution in [2.45, 2.75) is 23.2 Å². The predicted octanol–water partition coefficient (Wildman–Crippen LogP) is 3.31. The second kappa shape index (κ2) is 5.76. The van der Waals surface area contributed by atoms with E-state index in [1.54, 1.807) is 0 Å². The summed E-state index contributed by atoms with van der Waals surface area (Å²) in [5.74, 6) is 0. The monoisotopic (exact) mass is 309 g/mol. The maximum absolute atomic E-state index is 11.8. The predicted molar refractivity (Wildman–Crippen MR) is 47.4 cm³/mol. The van der Waals surface area contributed by atoms with Gasteiger partial charge in [-0.25, -0.2) is 0 Å². The lowest BCUT2D eigenvalue weighted by Crippen LogP contribution is -2.27. The molecule has 0 N–H and O–H groups in total. The summed E-state index contributed by atoms with van der Waals surface area (Å²) in [6.07, 6.45) is -9.94. The number of alkyl halides is 6. The van der Waals surface area contributed by atoms with Gasteiger partial charge in [-0.2, -0.15) is 26.3 Å². The van der Waals surface area contributed by atoms with Crippen LogP contribution in [0.5, 0.6) is 0 Å². The van der Waals surface area contributed by atoms with Gasteiger partial charge in [-0.3, -0.25) is 0 Å². The molecule has 0 saturated carbocycles. The van der Waals surface area contributed by atoms with Gasteiger partial charge < -0.3 is 0 Å². The molecule has 0 rings (SSSR count). The first-order valence-corrected chi connectivity index (χ1v) is 5.38. The Kier molecular flexibility index (Phi) is 5.87. The molecule has 2 atom stereocenters.